The molecule has 1 unspecified atom stereocenters. The normalized spacial score (nSPS) is 13.1. The Morgan fingerprint density at radius 2 is 2.11 bits per heavy atom. The summed E-state index contributed by atoms with van der Waals surface area (Å²) in [5, 5.41) is 4.64. The summed E-state index contributed by atoms with van der Waals surface area (Å²) in [6, 6.07) is 8.34. The van der Waals surface area contributed by atoms with Crippen molar-refractivity contribution in [3.8, 4) is 5.75 Å². The average molecular weight is 261 g/mol. The summed E-state index contributed by atoms with van der Waals surface area (Å²) in [6.07, 6.45) is 1.12. The van der Waals surface area contributed by atoms with Gasteiger partial charge in [0.25, 0.3) is 0 Å². The number of hydrogen-bond acceptors (Lipinski definition) is 3. The molecule has 1 N–H and O–H groups in total. The van der Waals surface area contributed by atoms with E-state index in [0.29, 0.717) is 5.92 Å². The lowest BCUT2D eigenvalue weighted by atomic mass is 10.0. The number of rotatable bonds is 6. The molecule has 1 heterocycles. The van der Waals surface area contributed by atoms with Gasteiger partial charge in [-0.25, -0.2) is 0 Å². The zero-order valence-electron chi connectivity index (χ0n) is 12.2. The molecule has 1 aromatic carbocycles. The molecular formula is C16H23NO2. The van der Waals surface area contributed by atoms with Crippen molar-refractivity contribution in [2.75, 3.05) is 13.7 Å². The molecule has 0 fully saturated rings. The molecular weight excluding hydrogens is 238 g/mol. The third-order valence-corrected chi connectivity index (χ3v) is 3.33. The number of furan rings is 1. The van der Waals surface area contributed by atoms with E-state index in [1.54, 1.807) is 7.11 Å². The van der Waals surface area contributed by atoms with Gasteiger partial charge in [0.2, 0.25) is 0 Å². The molecule has 0 aliphatic rings. The van der Waals surface area contributed by atoms with E-state index in [9.17, 15) is 0 Å². The highest BCUT2D eigenvalue weighted by molar-refractivity contribution is 5.83. The van der Waals surface area contributed by atoms with Gasteiger partial charge in [-0.3, -0.25) is 0 Å². The summed E-state index contributed by atoms with van der Waals surface area (Å²) in [4.78, 5) is 0. The van der Waals surface area contributed by atoms with Crippen molar-refractivity contribution in [1.82, 2.24) is 5.32 Å². The lowest BCUT2D eigenvalue weighted by molar-refractivity contribution is 0.346. The number of methoxy groups -OCH3 is 1. The third kappa shape index (κ3) is 2.92. The van der Waals surface area contributed by atoms with E-state index in [1.807, 2.05) is 12.1 Å². The van der Waals surface area contributed by atoms with E-state index in [-0.39, 0.29) is 6.04 Å². The zero-order valence-corrected chi connectivity index (χ0v) is 12.2. The zero-order chi connectivity index (χ0) is 13.8. The van der Waals surface area contributed by atoms with Gasteiger partial charge in [0, 0.05) is 5.39 Å². The second-order valence-corrected chi connectivity index (χ2v) is 5.20. The van der Waals surface area contributed by atoms with E-state index in [2.05, 4.69) is 38.2 Å². The van der Waals surface area contributed by atoms with Crippen LogP contribution in [0.1, 0.15) is 39.0 Å². The number of para-hydroxylation sites is 1. The Morgan fingerprint density at radius 3 is 2.74 bits per heavy atom. The number of hydrogen-bond donors (Lipinski definition) is 1. The third-order valence-electron chi connectivity index (χ3n) is 3.33. The number of benzene rings is 1. The SMILES string of the molecule is CCCNC(c1cc2cccc(OC)c2o1)C(C)C. The Kier molecular flexibility index (Phi) is 4.48. The van der Waals surface area contributed by atoms with E-state index >= 15 is 0 Å². The fourth-order valence-corrected chi connectivity index (χ4v) is 2.33. The van der Waals surface area contributed by atoms with Crippen molar-refractivity contribution >= 4 is 11.0 Å². The molecule has 0 spiro atoms. The van der Waals surface area contributed by atoms with Crippen molar-refractivity contribution < 1.29 is 9.15 Å². The highest BCUT2D eigenvalue weighted by Gasteiger charge is 2.20. The molecule has 1 aromatic heterocycles. The van der Waals surface area contributed by atoms with Crippen LogP contribution in [0.25, 0.3) is 11.0 Å². The highest BCUT2D eigenvalue weighted by Crippen LogP contribution is 2.33. The Bertz CT molecular complexity index is 531. The van der Waals surface area contributed by atoms with Gasteiger partial charge >= 0.3 is 0 Å². The predicted octanol–water partition coefficient (Wildman–Crippen LogP) is 4.14. The van der Waals surface area contributed by atoms with Crippen LogP contribution in [0.2, 0.25) is 0 Å². The molecule has 0 aliphatic carbocycles. The van der Waals surface area contributed by atoms with Crippen LogP contribution >= 0.6 is 0 Å². The van der Waals surface area contributed by atoms with Gasteiger partial charge in [-0.05, 0) is 31.0 Å². The van der Waals surface area contributed by atoms with Crippen LogP contribution in [0.4, 0.5) is 0 Å². The van der Waals surface area contributed by atoms with Gasteiger partial charge in [-0.2, -0.15) is 0 Å². The van der Waals surface area contributed by atoms with Gasteiger partial charge < -0.3 is 14.5 Å². The molecule has 104 valence electrons. The van der Waals surface area contributed by atoms with Gasteiger partial charge in [0.05, 0.1) is 13.2 Å². The predicted molar refractivity (Wildman–Crippen MR) is 78.6 cm³/mol. The van der Waals surface area contributed by atoms with Gasteiger partial charge in [0.15, 0.2) is 11.3 Å². The first-order valence-electron chi connectivity index (χ1n) is 6.97. The van der Waals surface area contributed by atoms with Crippen LogP contribution in [0.5, 0.6) is 5.75 Å². The monoisotopic (exact) mass is 261 g/mol. The number of ether oxygens (including phenoxy) is 1. The largest absolute Gasteiger partial charge is 0.493 e. The van der Waals surface area contributed by atoms with Gasteiger partial charge in [-0.1, -0.05) is 32.9 Å². The molecule has 0 saturated carbocycles. The van der Waals surface area contributed by atoms with E-state index in [1.165, 1.54) is 0 Å². The van der Waals surface area contributed by atoms with Crippen LogP contribution in [-0.4, -0.2) is 13.7 Å². The standard InChI is InChI=1S/C16H23NO2/c1-5-9-17-15(11(2)3)14-10-12-7-6-8-13(18-4)16(12)19-14/h6-8,10-11,15,17H,5,9H2,1-4H3. The fraction of sp³-hybridized carbons (Fsp3) is 0.500. The summed E-state index contributed by atoms with van der Waals surface area (Å²) in [5.74, 6) is 2.27. The first kappa shape index (κ1) is 13.9. The molecule has 0 amide bonds. The number of fused-ring (bicyclic) bond motifs is 1. The Hall–Kier alpha value is -1.48. The maximum absolute atomic E-state index is 6.02. The van der Waals surface area contributed by atoms with Crippen molar-refractivity contribution in [3.05, 3.63) is 30.0 Å². The summed E-state index contributed by atoms with van der Waals surface area (Å²) in [6.45, 7) is 7.58. The molecule has 0 bridgehead atoms. The summed E-state index contributed by atoms with van der Waals surface area (Å²) in [5.41, 5.74) is 0.837. The molecule has 0 saturated heterocycles. The first-order chi connectivity index (χ1) is 9.17. The van der Waals surface area contributed by atoms with Crippen molar-refractivity contribution in [3.63, 3.8) is 0 Å². The Balaban J connectivity index is 2.37. The Morgan fingerprint density at radius 1 is 1.32 bits per heavy atom. The minimum absolute atomic E-state index is 0.247. The maximum Gasteiger partial charge on any atom is 0.176 e. The smallest absolute Gasteiger partial charge is 0.176 e. The molecule has 3 nitrogen and oxygen atoms in total. The second-order valence-electron chi connectivity index (χ2n) is 5.20. The van der Waals surface area contributed by atoms with Crippen molar-refractivity contribution in [2.45, 2.75) is 33.2 Å². The minimum atomic E-state index is 0.247. The summed E-state index contributed by atoms with van der Waals surface area (Å²) in [7, 11) is 1.67. The van der Waals surface area contributed by atoms with Crippen LogP contribution in [0.3, 0.4) is 0 Å². The lowest BCUT2D eigenvalue weighted by Gasteiger charge is -2.19. The molecule has 1 atom stereocenters. The first-order valence-corrected chi connectivity index (χ1v) is 6.97. The number of nitrogens with one attached hydrogen (secondary N) is 1. The van der Waals surface area contributed by atoms with Gasteiger partial charge in [-0.15, -0.1) is 0 Å². The topological polar surface area (TPSA) is 34.4 Å². The minimum Gasteiger partial charge on any atom is -0.493 e. The summed E-state index contributed by atoms with van der Waals surface area (Å²) >= 11 is 0. The molecule has 3 heteroatoms. The molecule has 0 radical (unpaired) electrons. The van der Waals surface area contributed by atoms with Crippen molar-refractivity contribution in [1.29, 1.82) is 0 Å². The molecule has 0 aliphatic heterocycles. The van der Waals surface area contributed by atoms with Crippen LogP contribution in [0.15, 0.2) is 28.7 Å². The second kappa shape index (κ2) is 6.11. The quantitative estimate of drug-likeness (QED) is 0.848. The van der Waals surface area contributed by atoms with Crippen LogP contribution in [0, 0.1) is 5.92 Å². The average Bonchev–Trinajstić information content (AvgIpc) is 2.82. The maximum atomic E-state index is 6.02. The molecule has 2 aromatic rings. The highest BCUT2D eigenvalue weighted by atomic mass is 16.5. The van der Waals surface area contributed by atoms with Gasteiger partial charge in [0.1, 0.15) is 5.76 Å². The van der Waals surface area contributed by atoms with E-state index in [4.69, 9.17) is 9.15 Å². The van der Waals surface area contributed by atoms with Crippen LogP contribution in [-0.2, 0) is 0 Å². The van der Waals surface area contributed by atoms with E-state index < -0.39 is 0 Å². The fourth-order valence-electron chi connectivity index (χ4n) is 2.33. The molecule has 19 heavy (non-hydrogen) atoms. The Labute approximate surface area is 114 Å². The van der Waals surface area contributed by atoms with Crippen molar-refractivity contribution in [2.24, 2.45) is 5.92 Å². The van der Waals surface area contributed by atoms with E-state index in [0.717, 1.165) is 35.4 Å². The van der Waals surface area contributed by atoms with Crippen LogP contribution < -0.4 is 10.1 Å². The lowest BCUT2D eigenvalue weighted by Crippen LogP contribution is -2.25. The summed E-state index contributed by atoms with van der Waals surface area (Å²) < 4.78 is 11.4. The molecule has 2 rings (SSSR count).